The zero-order valence-electron chi connectivity index (χ0n) is 11.0. The number of amides is 1. The van der Waals surface area contributed by atoms with Crippen LogP contribution < -0.4 is 10.2 Å². The SMILES string of the molecule is CCc1cccc2c1NCC(C)(C)N2C(C)=O. The molecule has 0 spiro atoms. The zero-order chi connectivity index (χ0) is 12.6. The summed E-state index contributed by atoms with van der Waals surface area (Å²) >= 11 is 0. The number of para-hydroxylation sites is 1. The molecule has 0 unspecified atom stereocenters. The summed E-state index contributed by atoms with van der Waals surface area (Å²) in [6.07, 6.45) is 0.975. The summed E-state index contributed by atoms with van der Waals surface area (Å²) < 4.78 is 0. The van der Waals surface area contributed by atoms with E-state index in [-0.39, 0.29) is 11.4 Å². The molecule has 1 aromatic rings. The number of rotatable bonds is 1. The molecule has 1 aliphatic heterocycles. The molecule has 3 nitrogen and oxygen atoms in total. The van der Waals surface area contributed by atoms with Crippen molar-refractivity contribution in [3.8, 4) is 0 Å². The molecule has 0 fully saturated rings. The number of benzene rings is 1. The molecule has 0 bridgehead atoms. The highest BCUT2D eigenvalue weighted by Gasteiger charge is 2.35. The van der Waals surface area contributed by atoms with Gasteiger partial charge in [0, 0.05) is 13.5 Å². The highest BCUT2D eigenvalue weighted by atomic mass is 16.2. The fourth-order valence-corrected chi connectivity index (χ4v) is 2.58. The first-order valence-corrected chi connectivity index (χ1v) is 6.14. The van der Waals surface area contributed by atoms with Crippen molar-refractivity contribution >= 4 is 17.3 Å². The van der Waals surface area contributed by atoms with Gasteiger partial charge < -0.3 is 10.2 Å². The van der Waals surface area contributed by atoms with Gasteiger partial charge in [0.25, 0.3) is 0 Å². The Hall–Kier alpha value is -1.51. The second-order valence-electron chi connectivity index (χ2n) is 5.19. The Morgan fingerprint density at radius 2 is 2.18 bits per heavy atom. The van der Waals surface area contributed by atoms with Crippen molar-refractivity contribution in [3.63, 3.8) is 0 Å². The third-order valence-corrected chi connectivity index (χ3v) is 3.37. The van der Waals surface area contributed by atoms with Crippen molar-refractivity contribution in [2.75, 3.05) is 16.8 Å². The minimum Gasteiger partial charge on any atom is -0.381 e. The van der Waals surface area contributed by atoms with E-state index in [1.807, 2.05) is 17.0 Å². The van der Waals surface area contributed by atoms with Crippen LogP contribution in [-0.2, 0) is 11.2 Å². The van der Waals surface area contributed by atoms with Crippen LogP contribution in [0.1, 0.15) is 33.3 Å². The first kappa shape index (κ1) is 12.0. The average molecular weight is 232 g/mol. The van der Waals surface area contributed by atoms with Crippen LogP contribution in [-0.4, -0.2) is 18.0 Å². The third-order valence-electron chi connectivity index (χ3n) is 3.37. The van der Waals surface area contributed by atoms with Gasteiger partial charge in [0.15, 0.2) is 0 Å². The molecule has 92 valence electrons. The molecule has 2 rings (SSSR count). The quantitative estimate of drug-likeness (QED) is 0.807. The number of fused-ring (bicyclic) bond motifs is 1. The smallest absolute Gasteiger partial charge is 0.224 e. The fourth-order valence-electron chi connectivity index (χ4n) is 2.58. The summed E-state index contributed by atoms with van der Waals surface area (Å²) in [5.41, 5.74) is 3.22. The topological polar surface area (TPSA) is 32.3 Å². The summed E-state index contributed by atoms with van der Waals surface area (Å²) in [6.45, 7) is 8.73. The van der Waals surface area contributed by atoms with Crippen LogP contribution in [0, 0.1) is 0 Å². The molecule has 1 aliphatic rings. The largest absolute Gasteiger partial charge is 0.381 e. The van der Waals surface area contributed by atoms with E-state index >= 15 is 0 Å². The van der Waals surface area contributed by atoms with Crippen LogP contribution >= 0.6 is 0 Å². The molecule has 1 heterocycles. The molecular formula is C14H20N2O. The van der Waals surface area contributed by atoms with Gasteiger partial charge in [-0.05, 0) is 31.9 Å². The number of carbonyl (C=O) groups is 1. The van der Waals surface area contributed by atoms with Gasteiger partial charge in [-0.25, -0.2) is 0 Å². The Morgan fingerprint density at radius 3 is 2.76 bits per heavy atom. The van der Waals surface area contributed by atoms with Gasteiger partial charge in [-0.2, -0.15) is 0 Å². The summed E-state index contributed by atoms with van der Waals surface area (Å²) in [5.74, 6) is 0.103. The Bertz CT molecular complexity index is 452. The lowest BCUT2D eigenvalue weighted by Crippen LogP contribution is -2.54. The maximum absolute atomic E-state index is 11.9. The molecule has 0 aliphatic carbocycles. The summed E-state index contributed by atoms with van der Waals surface area (Å²) in [6, 6.07) is 6.16. The normalized spacial score (nSPS) is 17.3. The monoisotopic (exact) mass is 232 g/mol. The van der Waals surface area contributed by atoms with Crippen molar-refractivity contribution in [2.45, 2.75) is 39.7 Å². The van der Waals surface area contributed by atoms with Gasteiger partial charge >= 0.3 is 0 Å². The lowest BCUT2D eigenvalue weighted by Gasteiger charge is -2.44. The fraction of sp³-hybridized carbons (Fsp3) is 0.500. The van der Waals surface area contributed by atoms with E-state index in [9.17, 15) is 4.79 Å². The van der Waals surface area contributed by atoms with Crippen LogP contribution in [0.3, 0.4) is 0 Å². The van der Waals surface area contributed by atoms with E-state index < -0.39 is 0 Å². The number of anilines is 2. The first-order chi connectivity index (χ1) is 7.97. The molecule has 3 heteroatoms. The van der Waals surface area contributed by atoms with Crippen molar-refractivity contribution < 1.29 is 4.79 Å². The van der Waals surface area contributed by atoms with Crippen LogP contribution in [0.2, 0.25) is 0 Å². The minimum absolute atomic E-state index is 0.103. The predicted molar refractivity (Wildman–Crippen MR) is 71.5 cm³/mol. The molecule has 1 N–H and O–H groups in total. The van der Waals surface area contributed by atoms with E-state index in [2.05, 4.69) is 32.2 Å². The number of hydrogen-bond acceptors (Lipinski definition) is 2. The van der Waals surface area contributed by atoms with Gasteiger partial charge in [0.1, 0.15) is 0 Å². The molecular weight excluding hydrogens is 212 g/mol. The minimum atomic E-state index is -0.175. The van der Waals surface area contributed by atoms with E-state index in [4.69, 9.17) is 0 Å². The predicted octanol–water partition coefficient (Wildman–Crippen LogP) is 2.81. The average Bonchev–Trinajstić information content (AvgIpc) is 2.26. The Labute approximate surface area is 103 Å². The van der Waals surface area contributed by atoms with Crippen LogP contribution in [0.25, 0.3) is 0 Å². The molecule has 17 heavy (non-hydrogen) atoms. The van der Waals surface area contributed by atoms with E-state index in [1.54, 1.807) is 6.92 Å². The summed E-state index contributed by atoms with van der Waals surface area (Å²) in [4.78, 5) is 13.8. The highest BCUT2D eigenvalue weighted by molar-refractivity contribution is 5.98. The standard InChI is InChI=1S/C14H20N2O/c1-5-11-7-6-8-12-13(11)15-9-14(3,4)16(12)10(2)17/h6-8,15H,5,9H2,1-4H3. The van der Waals surface area contributed by atoms with Gasteiger partial charge in [-0.15, -0.1) is 0 Å². The molecule has 0 atom stereocenters. The number of nitrogens with zero attached hydrogens (tertiary/aromatic N) is 1. The van der Waals surface area contributed by atoms with Crippen LogP contribution in [0.5, 0.6) is 0 Å². The first-order valence-electron chi connectivity index (χ1n) is 6.14. The Balaban J connectivity index is 2.58. The van der Waals surface area contributed by atoms with Gasteiger partial charge in [0.2, 0.25) is 5.91 Å². The summed E-state index contributed by atoms with van der Waals surface area (Å²) in [5, 5.41) is 3.46. The highest BCUT2D eigenvalue weighted by Crippen LogP contribution is 2.38. The lowest BCUT2D eigenvalue weighted by molar-refractivity contribution is -0.117. The van der Waals surface area contributed by atoms with Gasteiger partial charge in [-0.1, -0.05) is 19.1 Å². The molecule has 1 aromatic carbocycles. The third kappa shape index (κ3) is 1.90. The maximum Gasteiger partial charge on any atom is 0.224 e. The van der Waals surface area contributed by atoms with E-state index in [1.165, 1.54) is 5.56 Å². The number of aryl methyl sites for hydroxylation is 1. The molecule has 0 radical (unpaired) electrons. The number of hydrogen-bond donors (Lipinski definition) is 1. The number of nitrogens with one attached hydrogen (secondary N) is 1. The van der Waals surface area contributed by atoms with Crippen LogP contribution in [0.15, 0.2) is 18.2 Å². The van der Waals surface area contributed by atoms with Gasteiger partial charge in [-0.3, -0.25) is 4.79 Å². The molecule has 1 amide bonds. The Kier molecular flexibility index (Phi) is 2.86. The van der Waals surface area contributed by atoms with Crippen molar-refractivity contribution in [2.24, 2.45) is 0 Å². The number of carbonyl (C=O) groups excluding carboxylic acids is 1. The second-order valence-corrected chi connectivity index (χ2v) is 5.19. The Morgan fingerprint density at radius 1 is 1.47 bits per heavy atom. The zero-order valence-corrected chi connectivity index (χ0v) is 11.0. The van der Waals surface area contributed by atoms with Crippen molar-refractivity contribution in [1.82, 2.24) is 0 Å². The van der Waals surface area contributed by atoms with Crippen molar-refractivity contribution in [3.05, 3.63) is 23.8 Å². The van der Waals surface area contributed by atoms with Crippen molar-refractivity contribution in [1.29, 1.82) is 0 Å². The second kappa shape index (κ2) is 4.06. The van der Waals surface area contributed by atoms with Gasteiger partial charge in [0.05, 0.1) is 16.9 Å². The summed E-state index contributed by atoms with van der Waals surface area (Å²) in [7, 11) is 0. The molecule has 0 aromatic heterocycles. The lowest BCUT2D eigenvalue weighted by atomic mass is 9.95. The van der Waals surface area contributed by atoms with Crippen LogP contribution in [0.4, 0.5) is 11.4 Å². The maximum atomic E-state index is 11.9. The molecule has 0 saturated carbocycles. The van der Waals surface area contributed by atoms with E-state index in [0.29, 0.717) is 0 Å². The molecule has 0 saturated heterocycles. The van der Waals surface area contributed by atoms with E-state index in [0.717, 1.165) is 24.3 Å².